The highest BCUT2D eigenvalue weighted by Crippen LogP contribution is 2.20. The number of carbonyl (C=O) groups excluding carboxylic acids is 1. The molecule has 1 aliphatic rings. The van der Waals surface area contributed by atoms with E-state index in [0.29, 0.717) is 19.6 Å². The number of hydrogen-bond acceptors (Lipinski definition) is 5. The Hall–Kier alpha value is -0.650. The average molecular weight is 216 g/mol. The number of ether oxygens (including phenoxy) is 2. The van der Waals surface area contributed by atoms with Gasteiger partial charge in [-0.25, -0.2) is 0 Å². The minimum Gasteiger partial charge on any atom is -0.459 e. The van der Waals surface area contributed by atoms with Crippen molar-refractivity contribution in [2.75, 3.05) is 13.2 Å². The van der Waals surface area contributed by atoms with Gasteiger partial charge in [0.25, 0.3) is 0 Å². The van der Waals surface area contributed by atoms with E-state index in [-0.39, 0.29) is 0 Å². The van der Waals surface area contributed by atoms with E-state index in [2.05, 4.69) is 0 Å². The second-order valence-corrected chi connectivity index (χ2v) is 5.05. The van der Waals surface area contributed by atoms with Crippen LogP contribution in [0, 0.1) is 0 Å². The molecular weight excluding hydrogens is 196 g/mol. The third kappa shape index (κ3) is 3.15. The van der Waals surface area contributed by atoms with Gasteiger partial charge in [-0.2, -0.15) is 0 Å². The van der Waals surface area contributed by atoms with Gasteiger partial charge in [-0.3, -0.25) is 4.79 Å². The van der Waals surface area contributed by atoms with E-state index >= 15 is 0 Å². The van der Waals surface area contributed by atoms with Gasteiger partial charge in [0.15, 0.2) is 0 Å². The summed E-state index contributed by atoms with van der Waals surface area (Å²) in [5, 5.41) is 0. The lowest BCUT2D eigenvalue weighted by molar-refractivity contribution is -0.158. The van der Waals surface area contributed by atoms with Crippen LogP contribution in [0.1, 0.15) is 27.2 Å². The number of rotatable bonds is 2. The first-order valence-electron chi connectivity index (χ1n) is 5.10. The zero-order valence-corrected chi connectivity index (χ0v) is 9.58. The molecule has 2 atom stereocenters. The highest BCUT2D eigenvalue weighted by molar-refractivity contribution is 5.77. The van der Waals surface area contributed by atoms with Crippen molar-refractivity contribution in [2.45, 2.75) is 44.4 Å². The highest BCUT2D eigenvalue weighted by Gasteiger charge is 2.42. The van der Waals surface area contributed by atoms with Gasteiger partial charge in [0.05, 0.1) is 12.1 Å². The van der Waals surface area contributed by atoms with E-state index in [1.807, 2.05) is 0 Å². The Morgan fingerprint density at radius 3 is 2.53 bits per heavy atom. The quantitative estimate of drug-likeness (QED) is 0.623. The molecule has 1 fully saturated rings. The lowest BCUT2D eigenvalue weighted by Crippen LogP contribution is -2.60. The Labute approximate surface area is 90.1 Å². The lowest BCUT2D eigenvalue weighted by atomic mass is 9.91. The van der Waals surface area contributed by atoms with Gasteiger partial charge in [0, 0.05) is 6.61 Å². The molecule has 0 saturated carbocycles. The summed E-state index contributed by atoms with van der Waals surface area (Å²) in [4.78, 5) is 11.7. The summed E-state index contributed by atoms with van der Waals surface area (Å²) in [5.41, 5.74) is 10.4. The Kier molecular flexibility index (Phi) is 3.38. The van der Waals surface area contributed by atoms with Crippen molar-refractivity contribution < 1.29 is 14.3 Å². The maximum atomic E-state index is 11.7. The summed E-state index contributed by atoms with van der Waals surface area (Å²) >= 11 is 0. The summed E-state index contributed by atoms with van der Waals surface area (Å²) in [6, 6.07) is -0.820. The molecule has 0 bridgehead atoms. The van der Waals surface area contributed by atoms with Crippen LogP contribution in [-0.2, 0) is 14.3 Å². The van der Waals surface area contributed by atoms with Crippen LogP contribution in [-0.4, -0.2) is 36.4 Å². The summed E-state index contributed by atoms with van der Waals surface area (Å²) < 4.78 is 10.3. The molecule has 1 heterocycles. The Balaban J connectivity index is 2.60. The summed E-state index contributed by atoms with van der Waals surface area (Å²) in [5.74, 6) is -0.462. The van der Waals surface area contributed by atoms with E-state index < -0.39 is 23.2 Å². The standard InChI is InChI=1S/C10H20N2O3/c1-9(2,3)15-8(13)7(11)10(12)4-5-14-6-10/h7H,4-6,11-12H2,1-3H3/t7-,10-/m1/s1. The van der Waals surface area contributed by atoms with Crippen molar-refractivity contribution in [1.82, 2.24) is 0 Å². The van der Waals surface area contributed by atoms with Crippen LogP contribution in [0.25, 0.3) is 0 Å². The third-order valence-electron chi connectivity index (χ3n) is 2.36. The topological polar surface area (TPSA) is 87.6 Å². The van der Waals surface area contributed by atoms with Gasteiger partial charge in [0.2, 0.25) is 0 Å². The normalized spacial score (nSPS) is 28.9. The molecule has 0 aliphatic carbocycles. The molecule has 1 saturated heterocycles. The summed E-state index contributed by atoms with van der Waals surface area (Å²) in [6.45, 7) is 6.25. The maximum absolute atomic E-state index is 11.7. The van der Waals surface area contributed by atoms with Crippen LogP contribution in [0.15, 0.2) is 0 Å². The van der Waals surface area contributed by atoms with Crippen molar-refractivity contribution in [3.8, 4) is 0 Å². The first-order chi connectivity index (χ1) is 6.75. The predicted molar refractivity (Wildman–Crippen MR) is 56.2 cm³/mol. The monoisotopic (exact) mass is 216 g/mol. The van der Waals surface area contributed by atoms with E-state index in [1.165, 1.54) is 0 Å². The molecule has 0 unspecified atom stereocenters. The van der Waals surface area contributed by atoms with Gasteiger partial charge in [-0.15, -0.1) is 0 Å². The van der Waals surface area contributed by atoms with Gasteiger partial charge < -0.3 is 20.9 Å². The molecular formula is C10H20N2O3. The molecule has 1 rings (SSSR count). The van der Waals surface area contributed by atoms with E-state index in [4.69, 9.17) is 20.9 Å². The summed E-state index contributed by atoms with van der Waals surface area (Å²) in [6.07, 6.45) is 0.591. The molecule has 5 heteroatoms. The van der Waals surface area contributed by atoms with Gasteiger partial charge in [0.1, 0.15) is 11.6 Å². The number of carbonyl (C=O) groups is 1. The SMILES string of the molecule is CC(C)(C)OC(=O)[C@@H](N)[C@@]1(N)CCOC1. The van der Waals surface area contributed by atoms with Crippen LogP contribution in [0.4, 0.5) is 0 Å². The van der Waals surface area contributed by atoms with Crippen molar-refractivity contribution in [3.05, 3.63) is 0 Å². The number of esters is 1. The molecule has 0 radical (unpaired) electrons. The van der Waals surface area contributed by atoms with Crippen LogP contribution >= 0.6 is 0 Å². The maximum Gasteiger partial charge on any atom is 0.325 e. The fraction of sp³-hybridized carbons (Fsp3) is 0.900. The Bertz CT molecular complexity index is 242. The Morgan fingerprint density at radius 2 is 2.13 bits per heavy atom. The molecule has 15 heavy (non-hydrogen) atoms. The van der Waals surface area contributed by atoms with Crippen LogP contribution < -0.4 is 11.5 Å². The first-order valence-corrected chi connectivity index (χ1v) is 5.10. The number of nitrogens with two attached hydrogens (primary N) is 2. The van der Waals surface area contributed by atoms with Crippen LogP contribution in [0.2, 0.25) is 0 Å². The third-order valence-corrected chi connectivity index (χ3v) is 2.36. The molecule has 0 aromatic heterocycles. The van der Waals surface area contributed by atoms with Crippen LogP contribution in [0.3, 0.4) is 0 Å². The van der Waals surface area contributed by atoms with Crippen molar-refractivity contribution in [3.63, 3.8) is 0 Å². The molecule has 88 valence electrons. The van der Waals surface area contributed by atoms with Crippen molar-refractivity contribution >= 4 is 5.97 Å². The molecule has 1 aliphatic heterocycles. The molecule has 4 N–H and O–H groups in total. The first kappa shape index (κ1) is 12.4. The average Bonchev–Trinajstić information content (AvgIpc) is 2.49. The van der Waals surface area contributed by atoms with Gasteiger partial charge in [-0.05, 0) is 27.2 Å². The van der Waals surface area contributed by atoms with Crippen molar-refractivity contribution in [2.24, 2.45) is 11.5 Å². The number of hydrogen-bond donors (Lipinski definition) is 2. The fourth-order valence-corrected chi connectivity index (χ4v) is 1.44. The lowest BCUT2D eigenvalue weighted by Gasteiger charge is -2.30. The Morgan fingerprint density at radius 1 is 1.53 bits per heavy atom. The second kappa shape index (κ2) is 4.08. The zero-order valence-electron chi connectivity index (χ0n) is 9.58. The smallest absolute Gasteiger partial charge is 0.325 e. The van der Waals surface area contributed by atoms with E-state index in [1.54, 1.807) is 20.8 Å². The minimum atomic E-state index is -0.820. The van der Waals surface area contributed by atoms with E-state index in [9.17, 15) is 4.79 Å². The molecule has 0 amide bonds. The molecule has 5 nitrogen and oxygen atoms in total. The predicted octanol–water partition coefficient (Wildman–Crippen LogP) is -0.227. The van der Waals surface area contributed by atoms with Crippen LogP contribution in [0.5, 0.6) is 0 Å². The zero-order chi connectivity index (χ0) is 11.7. The van der Waals surface area contributed by atoms with Gasteiger partial charge in [-0.1, -0.05) is 0 Å². The second-order valence-electron chi connectivity index (χ2n) is 5.05. The highest BCUT2D eigenvalue weighted by atomic mass is 16.6. The van der Waals surface area contributed by atoms with Crippen molar-refractivity contribution in [1.29, 1.82) is 0 Å². The molecule has 0 spiro atoms. The largest absolute Gasteiger partial charge is 0.459 e. The minimum absolute atomic E-state index is 0.313. The summed E-state index contributed by atoms with van der Waals surface area (Å²) in [7, 11) is 0. The van der Waals surface area contributed by atoms with Gasteiger partial charge >= 0.3 is 5.97 Å². The fourth-order valence-electron chi connectivity index (χ4n) is 1.44. The molecule has 0 aromatic carbocycles. The molecule has 0 aromatic rings. The van der Waals surface area contributed by atoms with E-state index in [0.717, 1.165) is 0 Å².